The first-order valence-electron chi connectivity index (χ1n) is 38.8. The Labute approximate surface area is 700 Å². The van der Waals surface area contributed by atoms with Crippen LogP contribution in [-0.2, 0) is 109 Å². The second-order valence-electron chi connectivity index (χ2n) is 30.6. The van der Waals surface area contributed by atoms with Gasteiger partial charge in [0.15, 0.2) is 56.6 Å². The van der Waals surface area contributed by atoms with Gasteiger partial charge in [0.1, 0.15) is 238 Å². The maximum absolute atomic E-state index is 13.2. The SMILES string of the molecule is CC(=O)N[C@H]1[C@H](O[C@@H]([C@H](O)[C@H](CO)NC(C)=O)[C@H](O)CO)O[C@H](CO)[C@@H](O[C@@H]2O[C@H](CO[C@H]3O[C@H](CO[C@H]4O[C@H](COP(=O)(O)O)[C@@H](O)[C@H](O)[C@@H]4O[C@H]4O[C@H](CO)[C@@H](O)[C@H](O)[C@@H]4O)[C@@H](O)[C@H](O[C@H]4O[C@H](CO)[C@@H](O)[C@H](O)[C@@H]4O)[C@@H]3O)[C@@H](O[C@@H]3O[C@H](CO)[C@@H](O)[C@H](O)[C@H]3NC(C)=O)[C@H](O[C@H]3O[C@H](CO)[C@@H](O)[C@H](O)[C@@H]3O[C@H]3O[C@H](CO)[C@@H](O)[C@H](O)[C@@H]3O)[C@@H]2O)[C@@H]1O. The molecular formula is C66H114N3O54P. The predicted octanol–water partition coefficient (Wildman–Crippen LogP) is -22.6. The molecule has 124 heavy (non-hydrogen) atoms. The molecule has 0 saturated carbocycles. The lowest BCUT2D eigenvalue weighted by Crippen LogP contribution is -2.71. The summed E-state index contributed by atoms with van der Waals surface area (Å²) in [7, 11) is -5.49. The van der Waals surface area contributed by atoms with Gasteiger partial charge >= 0.3 is 7.82 Å². The van der Waals surface area contributed by atoms with E-state index in [0.717, 1.165) is 20.8 Å². The number of hydrogen-bond donors (Lipinski definition) is 34. The van der Waals surface area contributed by atoms with Crippen LogP contribution in [0.1, 0.15) is 20.8 Å². The highest BCUT2D eigenvalue weighted by molar-refractivity contribution is 7.46. The van der Waals surface area contributed by atoms with Crippen LogP contribution in [0, 0.1) is 0 Å². The highest BCUT2D eigenvalue weighted by Crippen LogP contribution is 2.42. The van der Waals surface area contributed by atoms with E-state index >= 15 is 0 Å². The Bertz CT molecular complexity index is 3320. The molecule has 3 amide bonds. The summed E-state index contributed by atoms with van der Waals surface area (Å²) in [6.07, 6.45) is -106. The Morgan fingerprint density at radius 3 is 1.12 bits per heavy atom. The van der Waals surface area contributed by atoms with Crippen molar-refractivity contribution in [2.45, 2.75) is 321 Å². The van der Waals surface area contributed by atoms with Crippen molar-refractivity contribution in [3.8, 4) is 0 Å². The third-order valence-corrected chi connectivity index (χ3v) is 22.4. The van der Waals surface area contributed by atoms with Crippen molar-refractivity contribution in [3.63, 3.8) is 0 Å². The first-order valence-corrected chi connectivity index (χ1v) is 40.3. The summed E-state index contributed by atoms with van der Waals surface area (Å²) in [5.41, 5.74) is 0. The summed E-state index contributed by atoms with van der Waals surface area (Å²) in [5, 5.41) is 331. The number of phosphoric acid groups is 1. The van der Waals surface area contributed by atoms with E-state index in [9.17, 15) is 177 Å². The zero-order chi connectivity index (χ0) is 91.9. The minimum Gasteiger partial charge on any atom is -0.394 e. The molecule has 0 unspecified atom stereocenters. The van der Waals surface area contributed by atoms with Crippen LogP contribution in [0.5, 0.6) is 0 Å². The van der Waals surface area contributed by atoms with Gasteiger partial charge in [-0.15, -0.1) is 0 Å². The number of aliphatic hydroxyl groups excluding tert-OH is 29. The average Bonchev–Trinajstić information content (AvgIpc) is 0.752. The Hall–Kier alpha value is -3.36. The van der Waals surface area contributed by atoms with E-state index in [-0.39, 0.29) is 0 Å². The fourth-order valence-electron chi connectivity index (χ4n) is 15.2. The molecule has 0 spiro atoms. The second-order valence-corrected chi connectivity index (χ2v) is 31.9. The van der Waals surface area contributed by atoms with Crippen LogP contribution in [0.4, 0.5) is 0 Å². The molecule has 0 aromatic carbocycles. The summed E-state index contributed by atoms with van der Waals surface area (Å²) in [4.78, 5) is 57.7. The zero-order valence-corrected chi connectivity index (χ0v) is 66.7. The minimum absolute atomic E-state index is 0.858. The maximum atomic E-state index is 13.2. The monoisotopic (exact) mass is 1840 g/mol. The molecule has 9 heterocycles. The topological polar surface area (TPSA) is 907 Å². The minimum atomic E-state index is -5.49. The Balaban J connectivity index is 1.18. The van der Waals surface area contributed by atoms with Gasteiger partial charge in [-0.25, -0.2) is 4.57 Å². The molecule has 722 valence electrons. The molecule has 0 radical (unpaired) electrons. The van der Waals surface area contributed by atoms with Crippen molar-refractivity contribution in [1.29, 1.82) is 0 Å². The first kappa shape index (κ1) is 104. The third kappa shape index (κ3) is 24.2. The van der Waals surface area contributed by atoms with Crippen LogP contribution < -0.4 is 16.0 Å². The Kier molecular flexibility index (Phi) is 38.6. The second kappa shape index (κ2) is 45.9. The van der Waals surface area contributed by atoms with Crippen molar-refractivity contribution in [1.82, 2.24) is 16.0 Å². The van der Waals surface area contributed by atoms with Crippen molar-refractivity contribution >= 4 is 25.5 Å². The summed E-state index contributed by atoms with van der Waals surface area (Å²) in [5.74, 6) is -2.95. The highest BCUT2D eigenvalue weighted by Gasteiger charge is 2.62. The zero-order valence-electron chi connectivity index (χ0n) is 65.8. The third-order valence-electron chi connectivity index (χ3n) is 21.9. The van der Waals surface area contributed by atoms with Crippen LogP contribution in [0.2, 0.25) is 0 Å². The molecule has 0 aromatic rings. The molecule has 34 N–H and O–H groups in total. The highest BCUT2D eigenvalue weighted by atomic mass is 31.2. The van der Waals surface area contributed by atoms with Crippen LogP contribution >= 0.6 is 7.82 Å². The average molecular weight is 1840 g/mol. The van der Waals surface area contributed by atoms with E-state index in [1.54, 1.807) is 0 Å². The maximum Gasteiger partial charge on any atom is 0.469 e. The van der Waals surface area contributed by atoms with Gasteiger partial charge in [-0.1, -0.05) is 0 Å². The Morgan fingerprint density at radius 2 is 0.661 bits per heavy atom. The lowest BCUT2D eigenvalue weighted by Gasteiger charge is -2.52. The molecule has 9 aliphatic heterocycles. The normalized spacial score (nSPS) is 46.6. The number of carbonyl (C=O) groups excluding carboxylic acids is 3. The van der Waals surface area contributed by atoms with Crippen molar-refractivity contribution in [3.05, 3.63) is 0 Å². The quantitative estimate of drug-likeness (QED) is 0.0257. The van der Waals surface area contributed by atoms with Gasteiger partial charge < -0.3 is 259 Å². The summed E-state index contributed by atoms with van der Waals surface area (Å²) in [6, 6.07) is -5.88. The van der Waals surface area contributed by atoms with Gasteiger partial charge in [-0.2, -0.15) is 0 Å². The lowest BCUT2D eigenvalue weighted by atomic mass is 9.93. The number of amides is 3. The molecular weight excluding hydrogens is 1730 g/mol. The smallest absolute Gasteiger partial charge is 0.394 e. The summed E-state index contributed by atoms with van der Waals surface area (Å²) < 4.78 is 124. The summed E-state index contributed by atoms with van der Waals surface area (Å²) in [6.45, 7) is -10.9. The van der Waals surface area contributed by atoms with Crippen LogP contribution in [-0.4, -0.2) is 549 Å². The van der Waals surface area contributed by atoms with Gasteiger partial charge in [0.2, 0.25) is 17.7 Å². The number of aliphatic hydroxyl groups is 29. The first-order chi connectivity index (χ1) is 58.4. The molecule has 58 heteroatoms. The van der Waals surface area contributed by atoms with E-state index in [2.05, 4.69) is 20.5 Å². The molecule has 9 aliphatic rings. The molecule has 0 bridgehead atoms. The van der Waals surface area contributed by atoms with Crippen molar-refractivity contribution in [2.24, 2.45) is 0 Å². The fourth-order valence-corrected chi connectivity index (χ4v) is 15.5. The number of hydrogen-bond acceptors (Lipinski definition) is 52. The largest absolute Gasteiger partial charge is 0.469 e. The van der Waals surface area contributed by atoms with E-state index in [1.165, 1.54) is 0 Å². The molecule has 9 saturated heterocycles. The van der Waals surface area contributed by atoms with Gasteiger partial charge in [-0.3, -0.25) is 18.9 Å². The molecule has 9 fully saturated rings. The summed E-state index contributed by atoms with van der Waals surface area (Å²) >= 11 is 0. The lowest BCUT2D eigenvalue weighted by molar-refractivity contribution is -0.409. The molecule has 49 atom stereocenters. The standard InChI is InChI=1S/C66H114N3O54P/c1-15(78)67-18(4-70)31(82)51(19(81)5-71)117-59-30(69-17(3)80)40(91)52(25(11-77)113-59)118-64-50(101)55(121-66-57(44(95)36(87)24(10-76)112-66)123-63-48(99)43(94)35(86)23(9-75)111-63)53(119-58-29(68-16(2)79)39(90)32(83)20(6-72)108-58)28(116-64)13-105-60-49(100)54(120-61-46(97)41(92)33(84)21(7-73)109-61)38(89)26(114-60)12-106-65-56(45(96)37(88)27(115-65)14-107-124(102,103)104)122-62-47(98)42(93)34(85)22(8-74)110-62/h18-66,70-77,81-101H,4-14H2,1-3H3,(H,67,78)(H,68,79)(H,69,80)(H2,102,103,104)/t18-,19+,20+,21+,22+,23+,24+,25+,26+,27+,28+,29+,30+,31+,32+,33+,34+,35+,36+,37+,38+,39+,40+,41-,42-,43-,44-,45-,46-,47-,48-,49-,50-,51+,52+,53+,54-,55+,56-,57-,58-,59-,60-,61+,62+,63+,64-,65-,66+/m0/s1. The van der Waals surface area contributed by atoms with Crippen molar-refractivity contribution in [2.75, 3.05) is 72.7 Å². The molecule has 57 nitrogen and oxygen atoms in total. The van der Waals surface area contributed by atoms with E-state index in [1.807, 2.05) is 0 Å². The number of rotatable bonds is 37. The van der Waals surface area contributed by atoms with Crippen LogP contribution in [0.3, 0.4) is 0 Å². The Morgan fingerprint density at radius 1 is 0.315 bits per heavy atom. The molecule has 9 rings (SSSR count). The van der Waals surface area contributed by atoms with E-state index in [0.29, 0.717) is 0 Å². The van der Waals surface area contributed by atoms with Gasteiger partial charge in [0.25, 0.3) is 0 Å². The van der Waals surface area contributed by atoms with Gasteiger partial charge in [-0.05, 0) is 0 Å². The van der Waals surface area contributed by atoms with Gasteiger partial charge in [0, 0.05) is 20.8 Å². The van der Waals surface area contributed by atoms with Crippen molar-refractivity contribution < 1.29 is 267 Å². The molecule has 0 aliphatic carbocycles. The molecule has 0 aromatic heterocycles. The predicted molar refractivity (Wildman–Crippen MR) is 378 cm³/mol. The van der Waals surface area contributed by atoms with Crippen LogP contribution in [0.25, 0.3) is 0 Å². The number of nitrogens with one attached hydrogen (secondary N) is 3. The van der Waals surface area contributed by atoms with Crippen LogP contribution in [0.15, 0.2) is 0 Å². The number of phosphoric ester groups is 1. The van der Waals surface area contributed by atoms with E-state index in [4.69, 9.17) is 85.3 Å². The number of carbonyl (C=O) groups is 3. The van der Waals surface area contributed by atoms with Gasteiger partial charge in [0.05, 0.1) is 78.7 Å². The van der Waals surface area contributed by atoms with E-state index < -0.39 is 399 Å². The number of ether oxygens (including phenoxy) is 18. The fraction of sp³-hybridized carbons (Fsp3) is 0.955.